The molecule has 1 aliphatic rings. The minimum Gasteiger partial charge on any atom is -0.349 e. The van der Waals surface area contributed by atoms with Gasteiger partial charge in [0.2, 0.25) is 0 Å². The molecule has 2 heterocycles. The Labute approximate surface area is 99.6 Å². The summed E-state index contributed by atoms with van der Waals surface area (Å²) in [7, 11) is 0. The van der Waals surface area contributed by atoms with Crippen LogP contribution in [0, 0.1) is 0 Å². The van der Waals surface area contributed by atoms with Gasteiger partial charge >= 0.3 is 0 Å². The highest BCUT2D eigenvalue weighted by Crippen LogP contribution is 2.22. The number of hydrogen-bond acceptors (Lipinski definition) is 3. The van der Waals surface area contributed by atoms with Crippen molar-refractivity contribution in [2.24, 2.45) is 0 Å². The van der Waals surface area contributed by atoms with Crippen molar-refractivity contribution in [2.45, 2.75) is 31.7 Å². The Morgan fingerprint density at radius 2 is 2.44 bits per heavy atom. The number of nitrogens with zero attached hydrogens (tertiary/aromatic N) is 2. The Morgan fingerprint density at radius 3 is 3.19 bits per heavy atom. The number of aromatic nitrogens is 2. The van der Waals surface area contributed by atoms with Crippen molar-refractivity contribution >= 4 is 17.4 Å². The fourth-order valence-electron chi connectivity index (χ4n) is 2.25. The van der Waals surface area contributed by atoms with Crippen LogP contribution in [0.3, 0.4) is 0 Å². The van der Waals surface area contributed by atoms with Crippen molar-refractivity contribution < 1.29 is 0 Å². The summed E-state index contributed by atoms with van der Waals surface area (Å²) < 4.78 is 0. The Kier molecular flexibility index (Phi) is 3.83. The Balaban J connectivity index is 2.23. The van der Waals surface area contributed by atoms with Gasteiger partial charge in [-0.25, -0.2) is 4.98 Å². The number of rotatable bonds is 3. The van der Waals surface area contributed by atoms with Gasteiger partial charge in [0, 0.05) is 30.9 Å². The first-order chi connectivity index (χ1) is 7.83. The van der Waals surface area contributed by atoms with Crippen LogP contribution in [0.4, 0.5) is 5.82 Å². The fourth-order valence-corrected chi connectivity index (χ4v) is 2.51. The van der Waals surface area contributed by atoms with Crippen LogP contribution < -0.4 is 10.5 Å². The molecule has 1 saturated heterocycles. The van der Waals surface area contributed by atoms with Crippen molar-refractivity contribution in [3.63, 3.8) is 0 Å². The molecule has 4 nitrogen and oxygen atoms in total. The zero-order chi connectivity index (χ0) is 11.4. The predicted octanol–water partition coefficient (Wildman–Crippen LogP) is 1.76. The maximum atomic E-state index is 11.7. The molecule has 0 amide bonds. The average Bonchev–Trinajstić information content (AvgIpc) is 2.31. The lowest BCUT2D eigenvalue weighted by Crippen LogP contribution is -2.43. The second kappa shape index (κ2) is 5.34. The van der Waals surface area contributed by atoms with Gasteiger partial charge in [-0.2, -0.15) is 0 Å². The van der Waals surface area contributed by atoms with Gasteiger partial charge in [-0.05, 0) is 25.7 Å². The Hall–Kier alpha value is -1.03. The third-order valence-corrected chi connectivity index (χ3v) is 3.25. The summed E-state index contributed by atoms with van der Waals surface area (Å²) in [4.78, 5) is 20.6. The largest absolute Gasteiger partial charge is 0.349 e. The number of piperidine rings is 1. The molecule has 0 spiro atoms. The molecule has 0 bridgehead atoms. The summed E-state index contributed by atoms with van der Waals surface area (Å²) >= 11 is 5.79. The number of hydrogen-bond donors (Lipinski definition) is 1. The maximum absolute atomic E-state index is 11.7. The van der Waals surface area contributed by atoms with E-state index in [1.54, 1.807) is 12.4 Å². The number of H-pyrrole nitrogens is 1. The van der Waals surface area contributed by atoms with Crippen molar-refractivity contribution in [1.82, 2.24) is 9.97 Å². The van der Waals surface area contributed by atoms with Gasteiger partial charge in [0.15, 0.2) is 5.82 Å². The van der Waals surface area contributed by atoms with Crippen LogP contribution in [-0.4, -0.2) is 28.4 Å². The van der Waals surface area contributed by atoms with E-state index in [4.69, 9.17) is 11.6 Å². The highest BCUT2D eigenvalue weighted by Gasteiger charge is 2.24. The molecule has 0 saturated carbocycles. The first-order valence-corrected chi connectivity index (χ1v) is 6.22. The van der Waals surface area contributed by atoms with E-state index in [-0.39, 0.29) is 5.56 Å². The van der Waals surface area contributed by atoms with E-state index in [0.717, 1.165) is 25.8 Å². The zero-order valence-electron chi connectivity index (χ0n) is 9.16. The third kappa shape index (κ3) is 2.38. The number of aromatic amines is 1. The van der Waals surface area contributed by atoms with E-state index in [1.165, 1.54) is 6.42 Å². The zero-order valence-corrected chi connectivity index (χ0v) is 9.91. The Bertz CT molecular complexity index is 391. The molecule has 2 rings (SSSR count). The first kappa shape index (κ1) is 11.5. The van der Waals surface area contributed by atoms with Crippen molar-refractivity contribution in [3.05, 3.63) is 22.7 Å². The topological polar surface area (TPSA) is 49.0 Å². The van der Waals surface area contributed by atoms with Crippen LogP contribution in [0.25, 0.3) is 0 Å². The number of anilines is 1. The summed E-state index contributed by atoms with van der Waals surface area (Å²) in [6.45, 7) is 0.904. The SMILES string of the molecule is O=c1[nH]ccnc1N1CCCCC1CCCl. The van der Waals surface area contributed by atoms with Gasteiger partial charge in [0.05, 0.1) is 0 Å². The number of alkyl halides is 1. The van der Waals surface area contributed by atoms with Crippen LogP contribution in [0.15, 0.2) is 17.2 Å². The highest BCUT2D eigenvalue weighted by molar-refractivity contribution is 6.17. The smallest absolute Gasteiger partial charge is 0.290 e. The van der Waals surface area contributed by atoms with Gasteiger partial charge in [-0.1, -0.05) is 0 Å². The van der Waals surface area contributed by atoms with Gasteiger partial charge in [0.25, 0.3) is 5.56 Å². The normalized spacial score (nSPS) is 21.1. The molecule has 0 aliphatic carbocycles. The van der Waals surface area contributed by atoms with Gasteiger partial charge in [0.1, 0.15) is 0 Å². The van der Waals surface area contributed by atoms with Crippen LogP contribution in [-0.2, 0) is 0 Å². The predicted molar refractivity (Wildman–Crippen MR) is 65.2 cm³/mol. The molecular formula is C11H16ClN3O. The number of nitrogens with one attached hydrogen (secondary N) is 1. The quantitative estimate of drug-likeness (QED) is 0.821. The number of halogens is 1. The van der Waals surface area contributed by atoms with E-state index in [1.807, 2.05) is 0 Å². The van der Waals surface area contributed by atoms with Gasteiger partial charge < -0.3 is 9.88 Å². The average molecular weight is 242 g/mol. The first-order valence-electron chi connectivity index (χ1n) is 5.69. The van der Waals surface area contributed by atoms with Gasteiger partial charge in [-0.15, -0.1) is 11.6 Å². The molecule has 0 aromatic carbocycles. The van der Waals surface area contributed by atoms with E-state index in [2.05, 4.69) is 14.9 Å². The molecule has 1 fully saturated rings. The minimum atomic E-state index is -0.107. The van der Waals surface area contributed by atoms with Crippen molar-refractivity contribution in [2.75, 3.05) is 17.3 Å². The molecular weight excluding hydrogens is 226 g/mol. The second-order valence-electron chi connectivity index (χ2n) is 4.06. The standard InChI is InChI=1S/C11H16ClN3O/c12-5-4-9-3-1-2-8-15(9)10-11(16)14-7-6-13-10/h6-7,9H,1-5,8H2,(H,14,16). The molecule has 1 unspecified atom stereocenters. The van der Waals surface area contributed by atoms with Crippen LogP contribution in [0.5, 0.6) is 0 Å². The van der Waals surface area contributed by atoms with E-state index in [0.29, 0.717) is 17.7 Å². The van der Waals surface area contributed by atoms with Crippen LogP contribution >= 0.6 is 11.6 Å². The summed E-state index contributed by atoms with van der Waals surface area (Å²) in [5.74, 6) is 1.17. The van der Waals surface area contributed by atoms with Crippen LogP contribution in [0.2, 0.25) is 0 Å². The Morgan fingerprint density at radius 1 is 1.56 bits per heavy atom. The summed E-state index contributed by atoms with van der Waals surface area (Å²) in [5.41, 5.74) is -0.107. The summed E-state index contributed by atoms with van der Waals surface area (Å²) in [6.07, 6.45) is 7.54. The highest BCUT2D eigenvalue weighted by atomic mass is 35.5. The monoisotopic (exact) mass is 241 g/mol. The van der Waals surface area contributed by atoms with Crippen molar-refractivity contribution in [1.29, 1.82) is 0 Å². The van der Waals surface area contributed by atoms with E-state index < -0.39 is 0 Å². The molecule has 1 N–H and O–H groups in total. The summed E-state index contributed by atoms with van der Waals surface area (Å²) in [6, 6.07) is 0.363. The second-order valence-corrected chi connectivity index (χ2v) is 4.44. The molecule has 1 aliphatic heterocycles. The minimum absolute atomic E-state index is 0.107. The fraction of sp³-hybridized carbons (Fsp3) is 0.636. The molecule has 5 heteroatoms. The molecule has 1 atom stereocenters. The molecule has 0 radical (unpaired) electrons. The lowest BCUT2D eigenvalue weighted by Gasteiger charge is -2.35. The molecule has 1 aromatic heterocycles. The van der Waals surface area contributed by atoms with Gasteiger partial charge in [-0.3, -0.25) is 4.79 Å². The summed E-state index contributed by atoms with van der Waals surface area (Å²) in [5, 5.41) is 0. The lowest BCUT2D eigenvalue weighted by molar-refractivity contribution is 0.447. The molecule has 16 heavy (non-hydrogen) atoms. The van der Waals surface area contributed by atoms with E-state index >= 15 is 0 Å². The molecule has 1 aromatic rings. The molecule has 88 valence electrons. The lowest BCUT2D eigenvalue weighted by atomic mass is 10.0. The van der Waals surface area contributed by atoms with Crippen LogP contribution in [0.1, 0.15) is 25.7 Å². The van der Waals surface area contributed by atoms with Crippen molar-refractivity contribution in [3.8, 4) is 0 Å². The maximum Gasteiger partial charge on any atom is 0.290 e. The third-order valence-electron chi connectivity index (χ3n) is 3.03. The van der Waals surface area contributed by atoms with E-state index in [9.17, 15) is 4.79 Å².